The quantitative estimate of drug-likeness (QED) is 0.336. The number of hydrogen-bond acceptors (Lipinski definition) is 6. The van der Waals surface area contributed by atoms with Gasteiger partial charge in [-0.15, -0.1) is 0 Å². The molecule has 3 atom stereocenters. The number of piperazine rings is 1. The van der Waals surface area contributed by atoms with Gasteiger partial charge < -0.3 is 16.4 Å². The van der Waals surface area contributed by atoms with E-state index in [4.69, 9.17) is 5.73 Å². The minimum Gasteiger partial charge on any atom is -0.323 e. The van der Waals surface area contributed by atoms with Crippen LogP contribution in [0.4, 0.5) is 23.2 Å². The molecular weight excluding hydrogens is 550 g/mol. The maximum absolute atomic E-state index is 14.9. The van der Waals surface area contributed by atoms with Crippen LogP contribution in [0, 0.1) is 23.3 Å². The standard InChI is InChI=1S/C27H29F4N5O3S/c1-40(38,39)36-9-8-33-13-21(36)6-7-22-23(31)14-34-15-24(22)35-27(37)26(32)25(16-2-4-18(28)5-3-16)17-10-19(29)12-20(30)11-17/h2-5,10-12,14-15,21,25-26,33H,6-9,13,32H2,1H3,(H,35,37)/t21-,25+,26+/m1/s1. The summed E-state index contributed by atoms with van der Waals surface area (Å²) in [5.41, 5.74) is 6.82. The fraction of sp³-hybridized carbons (Fsp3) is 0.333. The van der Waals surface area contributed by atoms with Crippen molar-refractivity contribution in [2.24, 2.45) is 5.73 Å². The van der Waals surface area contributed by atoms with E-state index in [9.17, 15) is 30.8 Å². The van der Waals surface area contributed by atoms with Gasteiger partial charge in [-0.25, -0.2) is 26.0 Å². The number of benzene rings is 2. The van der Waals surface area contributed by atoms with Crippen LogP contribution in [0.25, 0.3) is 0 Å². The molecule has 0 unspecified atom stereocenters. The maximum Gasteiger partial charge on any atom is 0.242 e. The number of nitrogens with two attached hydrogens (primary N) is 1. The molecule has 1 aliphatic rings. The topological polar surface area (TPSA) is 117 Å². The van der Waals surface area contributed by atoms with Crippen LogP contribution in [-0.4, -0.2) is 61.6 Å². The maximum atomic E-state index is 14.9. The number of sulfonamides is 1. The second-order valence-electron chi connectivity index (χ2n) is 9.66. The number of nitrogens with zero attached hydrogens (tertiary/aromatic N) is 2. The second kappa shape index (κ2) is 12.4. The number of anilines is 1. The summed E-state index contributed by atoms with van der Waals surface area (Å²) < 4.78 is 82.4. The Kier molecular flexibility index (Phi) is 9.19. The highest BCUT2D eigenvalue weighted by Gasteiger charge is 2.31. The summed E-state index contributed by atoms with van der Waals surface area (Å²) in [4.78, 5) is 17.2. The third-order valence-electron chi connectivity index (χ3n) is 6.85. The van der Waals surface area contributed by atoms with Crippen molar-refractivity contribution in [1.82, 2.24) is 14.6 Å². The first-order valence-corrected chi connectivity index (χ1v) is 14.4. The number of carbonyl (C=O) groups excluding carboxylic acids is 1. The van der Waals surface area contributed by atoms with E-state index in [2.05, 4.69) is 15.6 Å². The number of hydrogen-bond donors (Lipinski definition) is 3. The molecule has 214 valence electrons. The molecule has 0 bridgehead atoms. The van der Waals surface area contributed by atoms with Gasteiger partial charge in [-0.1, -0.05) is 12.1 Å². The fourth-order valence-corrected chi connectivity index (χ4v) is 6.10. The first-order valence-electron chi connectivity index (χ1n) is 12.5. The smallest absolute Gasteiger partial charge is 0.242 e. The summed E-state index contributed by atoms with van der Waals surface area (Å²) in [6, 6.07) is 5.88. The van der Waals surface area contributed by atoms with Crippen LogP contribution in [0.3, 0.4) is 0 Å². The Morgan fingerprint density at radius 1 is 1.07 bits per heavy atom. The highest BCUT2D eigenvalue weighted by molar-refractivity contribution is 7.88. The average molecular weight is 580 g/mol. The molecule has 1 amide bonds. The number of carbonyl (C=O) groups is 1. The molecule has 2 aromatic carbocycles. The van der Waals surface area contributed by atoms with Crippen molar-refractivity contribution in [3.8, 4) is 0 Å². The van der Waals surface area contributed by atoms with Gasteiger partial charge in [0.15, 0.2) is 0 Å². The lowest BCUT2D eigenvalue weighted by Gasteiger charge is -2.34. The third kappa shape index (κ3) is 7.02. The van der Waals surface area contributed by atoms with Crippen LogP contribution < -0.4 is 16.4 Å². The molecule has 1 saturated heterocycles. The van der Waals surface area contributed by atoms with Gasteiger partial charge in [0.05, 0.1) is 30.4 Å². The van der Waals surface area contributed by atoms with Gasteiger partial charge in [0.25, 0.3) is 0 Å². The van der Waals surface area contributed by atoms with Gasteiger partial charge in [0, 0.05) is 43.2 Å². The van der Waals surface area contributed by atoms with Crippen LogP contribution in [0.15, 0.2) is 54.9 Å². The Morgan fingerprint density at radius 2 is 1.75 bits per heavy atom. The number of aromatic nitrogens is 1. The molecule has 8 nitrogen and oxygen atoms in total. The second-order valence-corrected chi connectivity index (χ2v) is 11.6. The van der Waals surface area contributed by atoms with E-state index in [1.54, 1.807) is 0 Å². The molecule has 0 radical (unpaired) electrons. The Labute approximate surface area is 229 Å². The molecule has 4 rings (SSSR count). The third-order valence-corrected chi connectivity index (χ3v) is 8.18. The van der Waals surface area contributed by atoms with E-state index < -0.39 is 57.2 Å². The van der Waals surface area contributed by atoms with E-state index in [-0.39, 0.29) is 36.2 Å². The Hall–Kier alpha value is -3.39. The van der Waals surface area contributed by atoms with Crippen molar-refractivity contribution >= 4 is 21.6 Å². The van der Waals surface area contributed by atoms with Crippen LogP contribution in [0.5, 0.6) is 0 Å². The molecule has 0 aliphatic carbocycles. The lowest BCUT2D eigenvalue weighted by Crippen LogP contribution is -2.53. The molecule has 4 N–H and O–H groups in total. The van der Waals surface area contributed by atoms with Gasteiger partial charge in [-0.3, -0.25) is 9.78 Å². The van der Waals surface area contributed by atoms with Gasteiger partial charge in [0.2, 0.25) is 15.9 Å². The summed E-state index contributed by atoms with van der Waals surface area (Å²) in [5.74, 6) is -4.90. The largest absolute Gasteiger partial charge is 0.323 e. The lowest BCUT2D eigenvalue weighted by atomic mass is 9.84. The summed E-state index contributed by atoms with van der Waals surface area (Å²) >= 11 is 0. The van der Waals surface area contributed by atoms with Crippen LogP contribution in [0.1, 0.15) is 29.0 Å². The molecule has 1 fully saturated rings. The van der Waals surface area contributed by atoms with E-state index in [0.717, 1.165) is 36.7 Å². The normalized spacial score (nSPS) is 17.8. The number of pyridine rings is 1. The minimum atomic E-state index is -3.48. The van der Waals surface area contributed by atoms with Crippen molar-refractivity contribution < 1.29 is 30.8 Å². The zero-order chi connectivity index (χ0) is 29.0. The van der Waals surface area contributed by atoms with E-state index in [0.29, 0.717) is 24.7 Å². The number of halogens is 4. The summed E-state index contributed by atoms with van der Waals surface area (Å²) in [6.07, 6.45) is 3.68. The molecule has 0 spiro atoms. The Morgan fingerprint density at radius 3 is 2.40 bits per heavy atom. The van der Waals surface area contributed by atoms with Crippen molar-refractivity contribution in [2.45, 2.75) is 30.8 Å². The van der Waals surface area contributed by atoms with Crippen LogP contribution >= 0.6 is 0 Å². The lowest BCUT2D eigenvalue weighted by molar-refractivity contribution is -0.117. The monoisotopic (exact) mass is 579 g/mol. The van der Waals surface area contributed by atoms with Gasteiger partial charge in [0.1, 0.15) is 23.3 Å². The van der Waals surface area contributed by atoms with E-state index >= 15 is 0 Å². The first kappa shape index (κ1) is 29.6. The predicted octanol–water partition coefficient (Wildman–Crippen LogP) is 2.90. The fourth-order valence-electron chi connectivity index (χ4n) is 4.96. The molecule has 1 aliphatic heterocycles. The zero-order valence-electron chi connectivity index (χ0n) is 21.6. The van der Waals surface area contributed by atoms with Crippen LogP contribution in [-0.2, 0) is 21.2 Å². The van der Waals surface area contributed by atoms with Gasteiger partial charge in [-0.2, -0.15) is 4.31 Å². The number of nitrogens with one attached hydrogen (secondary N) is 2. The molecule has 2 heterocycles. The summed E-state index contributed by atoms with van der Waals surface area (Å²) in [5, 5.41) is 5.69. The van der Waals surface area contributed by atoms with Crippen molar-refractivity contribution in [2.75, 3.05) is 31.2 Å². The zero-order valence-corrected chi connectivity index (χ0v) is 22.4. The van der Waals surface area contributed by atoms with Crippen molar-refractivity contribution in [3.05, 3.63) is 94.8 Å². The van der Waals surface area contributed by atoms with E-state index in [1.165, 1.54) is 22.6 Å². The molecule has 3 aromatic rings. The average Bonchev–Trinajstić information content (AvgIpc) is 2.88. The first-order chi connectivity index (χ1) is 18.9. The van der Waals surface area contributed by atoms with Crippen LogP contribution in [0.2, 0.25) is 0 Å². The minimum absolute atomic E-state index is 0.0263. The highest BCUT2D eigenvalue weighted by Crippen LogP contribution is 2.30. The number of amides is 1. The highest BCUT2D eigenvalue weighted by atomic mass is 32.2. The van der Waals surface area contributed by atoms with E-state index in [1.807, 2.05) is 0 Å². The Bertz CT molecular complexity index is 1450. The van der Waals surface area contributed by atoms with Gasteiger partial charge in [-0.05, 0) is 48.2 Å². The molecule has 0 saturated carbocycles. The molecular formula is C27H29F4N5O3S. The molecule has 1 aromatic heterocycles. The van der Waals surface area contributed by atoms with Crippen molar-refractivity contribution in [3.63, 3.8) is 0 Å². The molecule has 40 heavy (non-hydrogen) atoms. The SMILES string of the molecule is CS(=O)(=O)N1CCNC[C@H]1CCc1c(F)cncc1NC(=O)[C@@H](N)[C@@H](c1ccc(F)cc1)c1cc(F)cc(F)c1. The molecule has 13 heteroatoms. The summed E-state index contributed by atoms with van der Waals surface area (Å²) in [7, 11) is -3.48. The predicted molar refractivity (Wildman–Crippen MR) is 142 cm³/mol. The summed E-state index contributed by atoms with van der Waals surface area (Å²) in [6.45, 7) is 1.17. The number of rotatable bonds is 9. The van der Waals surface area contributed by atoms with Crippen molar-refractivity contribution in [1.29, 1.82) is 0 Å². The van der Waals surface area contributed by atoms with Gasteiger partial charge >= 0.3 is 0 Å². The Balaban J connectivity index is 1.59.